The Balaban J connectivity index is 1.68. The molecule has 2 aromatic carbocycles. The molecule has 2 amide bonds. The minimum Gasteiger partial charge on any atom is -0.285 e. The monoisotopic (exact) mass is 528 g/mol. The zero-order valence-electron chi connectivity index (χ0n) is 20.6. The highest BCUT2D eigenvalue weighted by Gasteiger charge is 2.40. The number of rotatable bonds is 5. The number of nitrogens with one attached hydrogen (secondary N) is 1. The van der Waals surface area contributed by atoms with Crippen molar-refractivity contribution in [3.8, 4) is 0 Å². The van der Waals surface area contributed by atoms with Gasteiger partial charge in [0.05, 0.1) is 33.3 Å². The van der Waals surface area contributed by atoms with Crippen molar-refractivity contribution in [1.29, 1.82) is 0 Å². The number of hydrogen-bond acceptors (Lipinski definition) is 5. The second kappa shape index (κ2) is 8.90. The van der Waals surface area contributed by atoms with Crippen LogP contribution in [0.25, 0.3) is 0 Å². The summed E-state index contributed by atoms with van der Waals surface area (Å²) in [5.74, 6) is -1.28. The van der Waals surface area contributed by atoms with Crippen molar-refractivity contribution < 1.29 is 27.9 Å². The molecule has 36 heavy (non-hydrogen) atoms. The summed E-state index contributed by atoms with van der Waals surface area (Å²) in [6, 6.07) is 12.6. The molecule has 0 unspecified atom stereocenters. The van der Waals surface area contributed by atoms with Crippen molar-refractivity contribution in [2.45, 2.75) is 51.5 Å². The van der Waals surface area contributed by atoms with Gasteiger partial charge in [-0.2, -0.15) is 0 Å². The van der Waals surface area contributed by atoms with E-state index in [1.807, 2.05) is 20.8 Å². The first-order chi connectivity index (χ1) is 16.7. The Labute approximate surface area is 215 Å². The SMILES string of the molecule is Cc1cc(CN2C(=O)c3c(Cl)ccc(NS(=O)(=O)c4ccc(C(C)(C)C)cc4)c3C2=O)cc(C)[n+]1O. The normalized spacial score (nSPS) is 13.8. The van der Waals surface area contributed by atoms with Crippen LogP contribution in [0, 0.1) is 13.8 Å². The Morgan fingerprint density at radius 1 is 0.944 bits per heavy atom. The van der Waals surface area contributed by atoms with Crippen LogP contribution in [0.2, 0.25) is 5.02 Å². The summed E-state index contributed by atoms with van der Waals surface area (Å²) in [5, 5.41) is 10.0. The zero-order valence-corrected chi connectivity index (χ0v) is 22.2. The molecule has 0 saturated carbocycles. The minimum absolute atomic E-state index is 0.0243. The number of pyridine rings is 1. The molecule has 1 aromatic heterocycles. The molecular weight excluding hydrogens is 502 g/mol. The predicted octanol–water partition coefficient (Wildman–Crippen LogP) is 4.38. The molecule has 0 radical (unpaired) electrons. The molecule has 0 saturated heterocycles. The number of aryl methyl sites for hydroxylation is 2. The summed E-state index contributed by atoms with van der Waals surface area (Å²) in [7, 11) is -4.05. The average molecular weight is 529 g/mol. The minimum atomic E-state index is -4.05. The molecule has 188 valence electrons. The fraction of sp³-hybridized carbons (Fsp3) is 0.269. The number of nitrogens with zero attached hydrogens (tertiary/aromatic N) is 2. The van der Waals surface area contributed by atoms with Crippen molar-refractivity contribution in [3.05, 3.63) is 87.2 Å². The average Bonchev–Trinajstić information content (AvgIpc) is 3.04. The molecule has 2 heterocycles. The molecule has 0 atom stereocenters. The number of hydrogen-bond donors (Lipinski definition) is 2. The number of fused-ring (bicyclic) bond motifs is 1. The first-order valence-corrected chi connectivity index (χ1v) is 13.1. The number of amides is 2. The molecule has 3 aromatic rings. The summed E-state index contributed by atoms with van der Waals surface area (Å²) in [6.07, 6.45) is 0. The van der Waals surface area contributed by atoms with E-state index in [2.05, 4.69) is 4.72 Å². The molecule has 0 spiro atoms. The first kappa shape index (κ1) is 25.7. The molecule has 10 heteroatoms. The van der Waals surface area contributed by atoms with E-state index in [0.717, 1.165) is 15.2 Å². The van der Waals surface area contributed by atoms with Crippen LogP contribution in [0.15, 0.2) is 53.4 Å². The number of carbonyl (C=O) groups excluding carboxylic acids is 2. The van der Waals surface area contributed by atoms with Crippen LogP contribution < -0.4 is 9.45 Å². The van der Waals surface area contributed by atoms with Gasteiger partial charge in [-0.05, 0) is 40.8 Å². The topological polar surface area (TPSA) is 108 Å². The maximum Gasteiger partial charge on any atom is 0.264 e. The van der Waals surface area contributed by atoms with Crippen molar-refractivity contribution in [2.75, 3.05) is 4.72 Å². The summed E-state index contributed by atoms with van der Waals surface area (Å²) in [4.78, 5) is 27.6. The molecule has 4 rings (SSSR count). The van der Waals surface area contributed by atoms with E-state index >= 15 is 0 Å². The Kier molecular flexibility index (Phi) is 6.34. The highest BCUT2D eigenvalue weighted by molar-refractivity contribution is 7.92. The van der Waals surface area contributed by atoms with Crippen LogP contribution >= 0.6 is 11.6 Å². The number of halogens is 1. The molecule has 2 N–H and O–H groups in total. The lowest BCUT2D eigenvalue weighted by atomic mass is 9.87. The van der Waals surface area contributed by atoms with Gasteiger partial charge in [0.15, 0.2) is 0 Å². The zero-order chi connectivity index (χ0) is 26.6. The van der Waals surface area contributed by atoms with Crippen LogP contribution in [-0.2, 0) is 22.0 Å². The number of aromatic nitrogens is 1. The van der Waals surface area contributed by atoms with Gasteiger partial charge in [-0.25, -0.2) is 8.42 Å². The Bertz CT molecular complexity index is 1490. The summed E-state index contributed by atoms with van der Waals surface area (Å²) in [5.41, 5.74) is 2.36. The quantitative estimate of drug-likeness (QED) is 0.290. The second-order valence-corrected chi connectivity index (χ2v) is 12.0. The molecule has 0 fully saturated rings. The largest absolute Gasteiger partial charge is 0.285 e. The number of imide groups is 1. The lowest BCUT2D eigenvalue weighted by Gasteiger charge is -2.19. The van der Waals surface area contributed by atoms with Crippen LogP contribution in [-0.4, -0.2) is 30.3 Å². The van der Waals surface area contributed by atoms with E-state index in [1.165, 1.54) is 24.3 Å². The fourth-order valence-electron chi connectivity index (χ4n) is 4.19. The van der Waals surface area contributed by atoms with Crippen LogP contribution in [0.5, 0.6) is 0 Å². The third-order valence-corrected chi connectivity index (χ3v) is 7.84. The molecule has 1 aliphatic heterocycles. The van der Waals surface area contributed by atoms with Crippen molar-refractivity contribution >= 4 is 39.1 Å². The van der Waals surface area contributed by atoms with E-state index in [0.29, 0.717) is 17.0 Å². The van der Waals surface area contributed by atoms with Crippen LogP contribution in [0.1, 0.15) is 64.0 Å². The van der Waals surface area contributed by atoms with E-state index in [4.69, 9.17) is 11.6 Å². The number of carbonyl (C=O) groups is 2. The van der Waals surface area contributed by atoms with Crippen LogP contribution in [0.4, 0.5) is 5.69 Å². The second-order valence-electron chi connectivity index (χ2n) is 9.88. The van der Waals surface area contributed by atoms with Crippen molar-refractivity contribution in [3.63, 3.8) is 0 Å². The number of anilines is 1. The molecule has 0 bridgehead atoms. The Morgan fingerprint density at radius 2 is 1.50 bits per heavy atom. The van der Waals surface area contributed by atoms with E-state index < -0.39 is 21.8 Å². The third-order valence-electron chi connectivity index (χ3n) is 6.14. The van der Waals surface area contributed by atoms with Gasteiger partial charge in [0.2, 0.25) is 11.4 Å². The van der Waals surface area contributed by atoms with Crippen molar-refractivity contribution in [1.82, 2.24) is 4.90 Å². The number of sulfonamides is 1. The van der Waals surface area contributed by atoms with Gasteiger partial charge in [0, 0.05) is 30.7 Å². The molecular formula is C26H27ClN3O5S+. The fourth-order valence-corrected chi connectivity index (χ4v) is 5.50. The Morgan fingerprint density at radius 3 is 2.06 bits per heavy atom. The lowest BCUT2D eigenvalue weighted by molar-refractivity contribution is -0.912. The van der Waals surface area contributed by atoms with E-state index in [9.17, 15) is 23.2 Å². The smallest absolute Gasteiger partial charge is 0.264 e. The lowest BCUT2D eigenvalue weighted by Crippen LogP contribution is -2.38. The van der Waals surface area contributed by atoms with Gasteiger partial charge >= 0.3 is 0 Å². The number of benzene rings is 2. The molecule has 8 nitrogen and oxygen atoms in total. The van der Waals surface area contributed by atoms with Gasteiger partial charge in [-0.3, -0.25) is 24.4 Å². The summed E-state index contributed by atoms with van der Waals surface area (Å²) in [6.45, 7) is 9.40. The molecule has 1 aliphatic rings. The van der Waals surface area contributed by atoms with Gasteiger partial charge < -0.3 is 0 Å². The Hall–Kier alpha value is -3.43. The highest BCUT2D eigenvalue weighted by Crippen LogP contribution is 2.36. The van der Waals surface area contributed by atoms with Crippen LogP contribution in [0.3, 0.4) is 0 Å². The highest BCUT2D eigenvalue weighted by atomic mass is 35.5. The third kappa shape index (κ3) is 4.56. The van der Waals surface area contributed by atoms with E-state index in [1.54, 1.807) is 38.1 Å². The van der Waals surface area contributed by atoms with Gasteiger partial charge in [-0.1, -0.05) is 44.5 Å². The van der Waals surface area contributed by atoms with Gasteiger partial charge in [0.1, 0.15) is 0 Å². The maximum atomic E-state index is 13.4. The summed E-state index contributed by atoms with van der Waals surface area (Å²) >= 11 is 6.28. The first-order valence-electron chi connectivity index (χ1n) is 11.2. The molecule has 0 aliphatic carbocycles. The standard InChI is InChI=1S/C26H26ClN3O5S/c1-15-12-17(13-16(2)30(15)33)14-29-24(31)22-20(27)10-11-21(23(22)25(29)32)28-36(34,35)19-8-6-18(7-9-19)26(3,4)5/h6-13H,14H2,1-5H3,(H-,28,32,33)/p+1. The maximum absolute atomic E-state index is 13.4. The van der Waals surface area contributed by atoms with Gasteiger partial charge in [-0.15, -0.1) is 0 Å². The summed E-state index contributed by atoms with van der Waals surface area (Å²) < 4.78 is 29.7. The predicted molar refractivity (Wildman–Crippen MR) is 135 cm³/mol. The van der Waals surface area contributed by atoms with Crippen molar-refractivity contribution in [2.24, 2.45) is 0 Å². The van der Waals surface area contributed by atoms with Gasteiger partial charge in [0.25, 0.3) is 21.8 Å². The van der Waals surface area contributed by atoms with E-state index in [-0.39, 0.29) is 38.7 Å².